The van der Waals surface area contributed by atoms with E-state index in [1.807, 2.05) is 6.92 Å². The van der Waals surface area contributed by atoms with Crippen molar-refractivity contribution in [2.24, 2.45) is 0 Å². The zero-order chi connectivity index (χ0) is 25.3. The summed E-state index contributed by atoms with van der Waals surface area (Å²) < 4.78 is 10.9. The van der Waals surface area contributed by atoms with Crippen LogP contribution in [0.2, 0.25) is 0 Å². The summed E-state index contributed by atoms with van der Waals surface area (Å²) in [5.41, 5.74) is 0. The summed E-state index contributed by atoms with van der Waals surface area (Å²) in [5, 5.41) is 24.2. The highest BCUT2D eigenvalue weighted by atomic mass is 16.6. The average molecular weight is 487 g/mol. The molecule has 4 atom stereocenters. The summed E-state index contributed by atoms with van der Waals surface area (Å²) in [7, 11) is 0. The lowest BCUT2D eigenvalue weighted by molar-refractivity contribution is -0.160. The fraction of sp³-hybridized carbons (Fsp3) is 0.833. The van der Waals surface area contributed by atoms with Gasteiger partial charge in [-0.1, -0.05) is 52.4 Å². The van der Waals surface area contributed by atoms with Crippen molar-refractivity contribution in [1.29, 1.82) is 0 Å². The Morgan fingerprint density at radius 1 is 0.676 bits per heavy atom. The van der Waals surface area contributed by atoms with Gasteiger partial charge in [-0.2, -0.15) is 0 Å². The molecule has 4 N–H and O–H groups in total. The molecule has 0 radical (unpaired) electrons. The standard InChI is InChI=1S/C24H42N2O8/c1-3-5-7-8-10-12-18-14-22(30)26-19(15-27)23(31)33-17(11-9-6-4-2)13-21(29)25-20(16-28)24(32)34-18/h17-20,27-28H,3-16H2,1-2H3,(H,25,29)(H,26,30). The highest BCUT2D eigenvalue weighted by Gasteiger charge is 2.31. The van der Waals surface area contributed by atoms with Crippen molar-refractivity contribution in [3.8, 4) is 0 Å². The molecule has 4 unspecified atom stereocenters. The topological polar surface area (TPSA) is 151 Å². The molecule has 0 aromatic carbocycles. The quantitative estimate of drug-likeness (QED) is 0.239. The Hall–Kier alpha value is -2.20. The van der Waals surface area contributed by atoms with Crippen LogP contribution in [0.3, 0.4) is 0 Å². The van der Waals surface area contributed by atoms with Gasteiger partial charge in [-0.05, 0) is 25.7 Å². The van der Waals surface area contributed by atoms with Crippen molar-refractivity contribution in [3.05, 3.63) is 0 Å². The summed E-state index contributed by atoms with van der Waals surface area (Å²) in [4.78, 5) is 50.3. The molecule has 1 aliphatic rings. The van der Waals surface area contributed by atoms with Crippen molar-refractivity contribution in [2.75, 3.05) is 13.2 Å². The lowest BCUT2D eigenvalue weighted by Crippen LogP contribution is -2.49. The van der Waals surface area contributed by atoms with E-state index in [9.17, 15) is 29.4 Å². The van der Waals surface area contributed by atoms with Gasteiger partial charge in [-0.3, -0.25) is 9.59 Å². The molecule has 2 amide bonds. The Bertz CT molecular complexity index is 642. The first kappa shape index (κ1) is 29.8. The molecule has 10 heteroatoms. The van der Waals surface area contributed by atoms with Crippen molar-refractivity contribution in [3.63, 3.8) is 0 Å². The average Bonchev–Trinajstić information content (AvgIpc) is 2.80. The second kappa shape index (κ2) is 17.3. The first-order valence-corrected chi connectivity index (χ1v) is 12.6. The second-order valence-electron chi connectivity index (χ2n) is 8.83. The molecule has 0 aromatic rings. The maximum atomic E-state index is 12.6. The first-order valence-electron chi connectivity index (χ1n) is 12.6. The number of aliphatic hydroxyl groups excluding tert-OH is 2. The van der Waals surface area contributed by atoms with E-state index < -0.39 is 61.3 Å². The third-order valence-corrected chi connectivity index (χ3v) is 5.76. The Balaban J connectivity index is 2.99. The predicted octanol–water partition coefficient (Wildman–Crippen LogP) is 1.50. The minimum atomic E-state index is -1.28. The molecule has 0 bridgehead atoms. The summed E-state index contributed by atoms with van der Waals surface area (Å²) in [6, 6.07) is -2.56. The third-order valence-electron chi connectivity index (χ3n) is 5.76. The summed E-state index contributed by atoms with van der Waals surface area (Å²) >= 11 is 0. The molecule has 196 valence electrons. The molecule has 1 saturated heterocycles. The molecule has 0 spiro atoms. The predicted molar refractivity (Wildman–Crippen MR) is 125 cm³/mol. The first-order chi connectivity index (χ1) is 16.3. The molecule has 1 heterocycles. The number of amides is 2. The van der Waals surface area contributed by atoms with Gasteiger partial charge < -0.3 is 30.3 Å². The molecule has 0 saturated carbocycles. The van der Waals surface area contributed by atoms with Crippen LogP contribution in [0.1, 0.15) is 90.9 Å². The van der Waals surface area contributed by atoms with Gasteiger partial charge in [0.25, 0.3) is 0 Å². The Kier molecular flexibility index (Phi) is 15.1. The van der Waals surface area contributed by atoms with Crippen molar-refractivity contribution in [1.82, 2.24) is 10.6 Å². The SMILES string of the molecule is CCCCCCCC1CC(=O)NC(CO)C(=O)OC(CCCCC)CC(=O)NC(CO)C(=O)O1. The Morgan fingerprint density at radius 2 is 1.06 bits per heavy atom. The van der Waals surface area contributed by atoms with Gasteiger partial charge in [0, 0.05) is 0 Å². The number of cyclic esters (lactones) is 2. The summed E-state index contributed by atoms with van der Waals surface area (Å²) in [6.45, 7) is 2.79. The van der Waals surface area contributed by atoms with E-state index in [-0.39, 0.29) is 12.8 Å². The number of rotatable bonds is 12. The van der Waals surface area contributed by atoms with Gasteiger partial charge in [0.1, 0.15) is 12.2 Å². The van der Waals surface area contributed by atoms with E-state index in [0.29, 0.717) is 19.3 Å². The zero-order valence-corrected chi connectivity index (χ0v) is 20.6. The molecular weight excluding hydrogens is 444 g/mol. The Labute approximate surface area is 202 Å². The van der Waals surface area contributed by atoms with Crippen LogP contribution in [0.15, 0.2) is 0 Å². The number of unbranched alkanes of at least 4 members (excludes halogenated alkanes) is 6. The van der Waals surface area contributed by atoms with Gasteiger partial charge in [-0.25, -0.2) is 9.59 Å². The smallest absolute Gasteiger partial charge is 0.331 e. The van der Waals surface area contributed by atoms with Crippen LogP contribution in [-0.4, -0.2) is 71.5 Å². The van der Waals surface area contributed by atoms with Gasteiger partial charge >= 0.3 is 11.9 Å². The molecular formula is C24H42N2O8. The third kappa shape index (κ3) is 11.8. The van der Waals surface area contributed by atoms with Crippen molar-refractivity contribution < 1.29 is 38.9 Å². The number of hydrogen-bond donors (Lipinski definition) is 4. The second-order valence-corrected chi connectivity index (χ2v) is 8.83. The van der Waals surface area contributed by atoms with Gasteiger partial charge in [0.15, 0.2) is 12.1 Å². The number of nitrogens with one attached hydrogen (secondary N) is 2. The lowest BCUT2D eigenvalue weighted by atomic mass is 10.0. The van der Waals surface area contributed by atoms with Crippen LogP contribution in [-0.2, 0) is 28.7 Å². The molecule has 34 heavy (non-hydrogen) atoms. The summed E-state index contributed by atoms with van der Waals surface area (Å²) in [5.74, 6) is -2.78. The van der Waals surface area contributed by atoms with Gasteiger partial charge in [0.2, 0.25) is 11.8 Å². The van der Waals surface area contributed by atoms with Crippen LogP contribution in [0.25, 0.3) is 0 Å². The minimum Gasteiger partial charge on any atom is -0.460 e. The normalized spacial score (nSPS) is 25.1. The number of esters is 2. The minimum absolute atomic E-state index is 0.213. The Morgan fingerprint density at radius 3 is 1.47 bits per heavy atom. The molecule has 1 rings (SSSR count). The van der Waals surface area contributed by atoms with Crippen LogP contribution in [0.4, 0.5) is 0 Å². The number of carbonyl (C=O) groups is 4. The van der Waals surface area contributed by atoms with Crippen molar-refractivity contribution >= 4 is 23.8 Å². The fourth-order valence-corrected chi connectivity index (χ4v) is 3.77. The number of ether oxygens (including phenoxy) is 2. The fourth-order valence-electron chi connectivity index (χ4n) is 3.77. The van der Waals surface area contributed by atoms with E-state index in [1.54, 1.807) is 0 Å². The number of carbonyl (C=O) groups excluding carboxylic acids is 4. The maximum absolute atomic E-state index is 12.6. The number of hydrogen-bond acceptors (Lipinski definition) is 8. The molecule has 1 fully saturated rings. The van der Waals surface area contributed by atoms with E-state index in [2.05, 4.69) is 17.6 Å². The summed E-state index contributed by atoms with van der Waals surface area (Å²) in [6.07, 6.45) is 6.17. The van der Waals surface area contributed by atoms with Crippen LogP contribution in [0.5, 0.6) is 0 Å². The van der Waals surface area contributed by atoms with Crippen LogP contribution in [0, 0.1) is 0 Å². The highest BCUT2D eigenvalue weighted by molar-refractivity contribution is 5.87. The van der Waals surface area contributed by atoms with Crippen LogP contribution >= 0.6 is 0 Å². The molecule has 0 aliphatic carbocycles. The van der Waals surface area contributed by atoms with Crippen LogP contribution < -0.4 is 10.6 Å². The largest absolute Gasteiger partial charge is 0.460 e. The molecule has 1 aliphatic heterocycles. The van der Waals surface area contributed by atoms with E-state index in [4.69, 9.17) is 9.47 Å². The van der Waals surface area contributed by atoms with Gasteiger partial charge in [0.05, 0.1) is 26.1 Å². The highest BCUT2D eigenvalue weighted by Crippen LogP contribution is 2.16. The molecule has 0 aromatic heterocycles. The van der Waals surface area contributed by atoms with Crippen molar-refractivity contribution in [2.45, 2.75) is 115 Å². The van der Waals surface area contributed by atoms with E-state index in [1.165, 1.54) is 0 Å². The monoisotopic (exact) mass is 486 g/mol. The van der Waals surface area contributed by atoms with Gasteiger partial charge in [-0.15, -0.1) is 0 Å². The maximum Gasteiger partial charge on any atom is 0.331 e. The number of aliphatic hydroxyl groups is 2. The zero-order valence-electron chi connectivity index (χ0n) is 20.6. The van der Waals surface area contributed by atoms with E-state index >= 15 is 0 Å². The lowest BCUT2D eigenvalue weighted by Gasteiger charge is -2.25. The molecule has 10 nitrogen and oxygen atoms in total. The van der Waals surface area contributed by atoms with E-state index in [0.717, 1.165) is 44.9 Å².